The zero-order valence-electron chi connectivity index (χ0n) is 13.1. The smallest absolute Gasteiger partial charge is 0.179 e. The summed E-state index contributed by atoms with van der Waals surface area (Å²) in [5.74, 6) is 2.30. The second kappa shape index (κ2) is 10.3. The van der Waals surface area contributed by atoms with Gasteiger partial charge >= 0.3 is 0 Å². The fraction of sp³-hybridized carbons (Fsp3) is 0.750. The molecule has 0 aliphatic carbocycles. The van der Waals surface area contributed by atoms with Crippen molar-refractivity contribution in [1.82, 2.24) is 14.9 Å². The molecule has 0 bridgehead atoms. The van der Waals surface area contributed by atoms with E-state index in [-0.39, 0.29) is 7.43 Å². The number of ether oxygens (including phenoxy) is 2. The van der Waals surface area contributed by atoms with Crippen LogP contribution in [0.3, 0.4) is 0 Å². The highest BCUT2D eigenvalue weighted by Gasteiger charge is 2.11. The van der Waals surface area contributed by atoms with E-state index >= 15 is 0 Å². The summed E-state index contributed by atoms with van der Waals surface area (Å²) in [5, 5.41) is 3.33. The number of hydrogen-bond acceptors (Lipinski definition) is 6. The Balaban J connectivity index is 0.00000242. The summed E-state index contributed by atoms with van der Waals surface area (Å²) >= 11 is 0. The summed E-state index contributed by atoms with van der Waals surface area (Å²) in [6.07, 6.45) is 4.04. The zero-order valence-corrected chi connectivity index (χ0v) is 13.1. The highest BCUT2D eigenvalue weighted by atomic mass is 16.5. The summed E-state index contributed by atoms with van der Waals surface area (Å²) in [6, 6.07) is 0. The van der Waals surface area contributed by atoms with Gasteiger partial charge in [-0.15, -0.1) is 0 Å². The fourth-order valence-corrected chi connectivity index (χ4v) is 2.18. The second-order valence-electron chi connectivity index (χ2n) is 5.21. The van der Waals surface area contributed by atoms with E-state index in [0.717, 1.165) is 69.6 Å². The van der Waals surface area contributed by atoms with Crippen molar-refractivity contribution >= 4 is 5.82 Å². The number of anilines is 1. The van der Waals surface area contributed by atoms with Crippen molar-refractivity contribution in [3.05, 3.63) is 12.0 Å². The molecule has 0 spiro atoms. The van der Waals surface area contributed by atoms with Crippen molar-refractivity contribution < 1.29 is 9.47 Å². The molecule has 22 heavy (non-hydrogen) atoms. The molecule has 6 heteroatoms. The van der Waals surface area contributed by atoms with Crippen LogP contribution >= 0.6 is 0 Å². The van der Waals surface area contributed by atoms with Crippen LogP contribution in [0.1, 0.15) is 33.0 Å². The second-order valence-corrected chi connectivity index (χ2v) is 5.21. The highest BCUT2D eigenvalue weighted by Crippen LogP contribution is 2.20. The third-order valence-electron chi connectivity index (χ3n) is 3.47. The number of unbranched alkanes of at least 4 members (excludes halogenated alkanes) is 1. The first-order chi connectivity index (χ1) is 10.3. The van der Waals surface area contributed by atoms with Crippen molar-refractivity contribution in [3.63, 3.8) is 0 Å². The number of hydrogen-bond donors (Lipinski definition) is 1. The molecule has 1 saturated heterocycles. The number of rotatable bonds is 8. The van der Waals surface area contributed by atoms with Gasteiger partial charge in [-0.05, 0) is 13.3 Å². The maximum Gasteiger partial charge on any atom is 0.179 e. The van der Waals surface area contributed by atoms with Gasteiger partial charge in [0, 0.05) is 26.2 Å². The number of aromatic nitrogens is 2. The van der Waals surface area contributed by atoms with Gasteiger partial charge in [0.15, 0.2) is 11.6 Å². The Morgan fingerprint density at radius 3 is 2.86 bits per heavy atom. The Morgan fingerprint density at radius 1 is 1.36 bits per heavy atom. The molecule has 6 nitrogen and oxygen atoms in total. The quantitative estimate of drug-likeness (QED) is 0.744. The van der Waals surface area contributed by atoms with Crippen LogP contribution in [-0.2, 0) is 4.74 Å². The molecule has 0 atom stereocenters. The summed E-state index contributed by atoms with van der Waals surface area (Å²) < 4.78 is 11.2. The molecule has 0 unspecified atom stereocenters. The molecule has 2 rings (SSSR count). The van der Waals surface area contributed by atoms with Crippen molar-refractivity contribution in [2.75, 3.05) is 51.3 Å². The molecule has 1 fully saturated rings. The van der Waals surface area contributed by atoms with E-state index in [1.807, 2.05) is 6.92 Å². The van der Waals surface area contributed by atoms with E-state index in [4.69, 9.17) is 9.47 Å². The molecule has 0 saturated carbocycles. The maximum atomic E-state index is 5.86. The molecule has 1 aliphatic heterocycles. The van der Waals surface area contributed by atoms with Crippen molar-refractivity contribution in [2.45, 2.75) is 34.1 Å². The lowest BCUT2D eigenvalue weighted by atomic mass is 10.3. The van der Waals surface area contributed by atoms with Gasteiger partial charge in [-0.2, -0.15) is 0 Å². The Hall–Kier alpha value is -1.40. The van der Waals surface area contributed by atoms with Crippen LogP contribution in [0.25, 0.3) is 0 Å². The highest BCUT2D eigenvalue weighted by molar-refractivity contribution is 5.48. The minimum Gasteiger partial charge on any atom is -0.487 e. The van der Waals surface area contributed by atoms with E-state index in [0.29, 0.717) is 6.61 Å². The molecule has 126 valence electrons. The maximum absolute atomic E-state index is 5.86. The summed E-state index contributed by atoms with van der Waals surface area (Å²) in [6.45, 7) is 10.1. The van der Waals surface area contributed by atoms with Crippen LogP contribution in [0.4, 0.5) is 5.82 Å². The first-order valence-electron chi connectivity index (χ1n) is 7.80. The Morgan fingerprint density at radius 2 is 2.14 bits per heavy atom. The number of nitrogens with one attached hydrogen (secondary N) is 1. The van der Waals surface area contributed by atoms with E-state index in [9.17, 15) is 0 Å². The first kappa shape index (κ1) is 18.6. The largest absolute Gasteiger partial charge is 0.487 e. The van der Waals surface area contributed by atoms with Gasteiger partial charge in [0.05, 0.1) is 19.4 Å². The number of morpholine rings is 1. The average Bonchev–Trinajstić information content (AvgIpc) is 2.51. The predicted octanol–water partition coefficient (Wildman–Crippen LogP) is 2.34. The minimum absolute atomic E-state index is 0. The predicted molar refractivity (Wildman–Crippen MR) is 89.7 cm³/mol. The first-order valence-corrected chi connectivity index (χ1v) is 7.80. The van der Waals surface area contributed by atoms with Gasteiger partial charge in [-0.25, -0.2) is 9.97 Å². The lowest BCUT2D eigenvalue weighted by molar-refractivity contribution is 0.0322. The molecular formula is C16H30N4O2. The van der Waals surface area contributed by atoms with E-state index in [2.05, 4.69) is 27.1 Å². The van der Waals surface area contributed by atoms with Crippen LogP contribution < -0.4 is 10.1 Å². The van der Waals surface area contributed by atoms with Crippen molar-refractivity contribution in [1.29, 1.82) is 0 Å². The van der Waals surface area contributed by atoms with Gasteiger partial charge in [0.1, 0.15) is 12.4 Å². The van der Waals surface area contributed by atoms with Gasteiger partial charge in [-0.1, -0.05) is 20.8 Å². The molecule has 2 heterocycles. The Kier molecular flexibility index (Phi) is 8.77. The summed E-state index contributed by atoms with van der Waals surface area (Å²) in [4.78, 5) is 11.0. The van der Waals surface area contributed by atoms with Crippen molar-refractivity contribution in [2.24, 2.45) is 0 Å². The van der Waals surface area contributed by atoms with E-state index < -0.39 is 0 Å². The molecule has 0 aromatic carbocycles. The zero-order chi connectivity index (χ0) is 14.9. The van der Waals surface area contributed by atoms with Crippen LogP contribution in [0.5, 0.6) is 5.75 Å². The topological polar surface area (TPSA) is 59.5 Å². The fourth-order valence-electron chi connectivity index (χ4n) is 2.18. The summed E-state index contributed by atoms with van der Waals surface area (Å²) in [5.41, 5.74) is 0. The molecule has 1 aromatic rings. The monoisotopic (exact) mass is 310 g/mol. The van der Waals surface area contributed by atoms with Crippen LogP contribution in [-0.4, -0.2) is 60.9 Å². The van der Waals surface area contributed by atoms with Gasteiger partial charge in [0.2, 0.25) is 0 Å². The Bertz CT molecular complexity index is 423. The molecule has 1 aliphatic rings. The normalized spacial score (nSPS) is 15.2. The molecular weight excluding hydrogens is 280 g/mol. The minimum atomic E-state index is 0. The SMILES string of the molecule is C.CCCCNc1nc(C)ncc1OCCN1CCOCC1. The third-order valence-corrected chi connectivity index (χ3v) is 3.47. The molecule has 0 amide bonds. The van der Waals surface area contributed by atoms with E-state index in [1.165, 1.54) is 0 Å². The molecule has 1 aromatic heterocycles. The number of aryl methyl sites for hydroxylation is 1. The number of nitrogens with zero attached hydrogens (tertiary/aromatic N) is 3. The molecule has 0 radical (unpaired) electrons. The van der Waals surface area contributed by atoms with Crippen LogP contribution in [0.15, 0.2) is 6.20 Å². The van der Waals surface area contributed by atoms with Gasteiger partial charge in [0.25, 0.3) is 0 Å². The standard InChI is InChI=1S/C15H26N4O2.CH4/c1-3-4-5-16-15-14(12-17-13(2)18-15)21-11-8-19-6-9-20-10-7-19;/h12H,3-11H2,1-2H3,(H,16,17,18);1H4. The van der Waals surface area contributed by atoms with Gasteiger partial charge < -0.3 is 14.8 Å². The Labute approximate surface area is 134 Å². The van der Waals surface area contributed by atoms with E-state index in [1.54, 1.807) is 6.20 Å². The van der Waals surface area contributed by atoms with Gasteiger partial charge in [-0.3, -0.25) is 4.90 Å². The third kappa shape index (κ3) is 6.15. The lowest BCUT2D eigenvalue weighted by Gasteiger charge is -2.26. The van der Waals surface area contributed by atoms with Crippen molar-refractivity contribution in [3.8, 4) is 5.75 Å². The van der Waals surface area contributed by atoms with Crippen LogP contribution in [0.2, 0.25) is 0 Å². The summed E-state index contributed by atoms with van der Waals surface area (Å²) in [7, 11) is 0. The molecule has 1 N–H and O–H groups in total. The van der Waals surface area contributed by atoms with Crippen LogP contribution in [0, 0.1) is 6.92 Å². The average molecular weight is 310 g/mol. The lowest BCUT2D eigenvalue weighted by Crippen LogP contribution is -2.38.